The first-order valence-corrected chi connectivity index (χ1v) is 6.33. The van der Waals surface area contributed by atoms with Crippen molar-refractivity contribution in [2.45, 2.75) is 25.4 Å². The number of hydrogen-bond acceptors (Lipinski definition) is 6. The van der Waals surface area contributed by atoms with Gasteiger partial charge in [0.05, 0.1) is 6.54 Å². The Bertz CT molecular complexity index is 380. The third kappa shape index (κ3) is 2.14. The lowest BCUT2D eigenvalue weighted by molar-refractivity contribution is 0.225. The molecule has 2 saturated heterocycles. The molecule has 1 unspecified atom stereocenters. The third-order valence-corrected chi connectivity index (χ3v) is 3.64. The van der Waals surface area contributed by atoms with Crippen molar-refractivity contribution in [2.24, 2.45) is 0 Å². The van der Waals surface area contributed by atoms with Gasteiger partial charge >= 0.3 is 6.01 Å². The smallest absolute Gasteiger partial charge is 0.318 e. The summed E-state index contributed by atoms with van der Waals surface area (Å²) in [5.41, 5.74) is 0. The number of aromatic nitrogens is 2. The molecule has 1 N–H and O–H groups in total. The normalized spacial score (nSPS) is 25.2. The highest BCUT2D eigenvalue weighted by Gasteiger charge is 2.32. The summed E-state index contributed by atoms with van der Waals surface area (Å²) in [6.45, 7) is 5.04. The molecule has 0 radical (unpaired) electrons. The monoisotopic (exact) mass is 237 g/mol. The van der Waals surface area contributed by atoms with Gasteiger partial charge in [-0.15, -0.1) is 5.10 Å². The molecule has 1 aromatic heterocycles. The fourth-order valence-corrected chi connectivity index (χ4v) is 2.76. The molecule has 0 saturated carbocycles. The van der Waals surface area contributed by atoms with Crippen molar-refractivity contribution in [1.29, 1.82) is 0 Å². The van der Waals surface area contributed by atoms with Crippen molar-refractivity contribution >= 4 is 6.01 Å². The highest BCUT2D eigenvalue weighted by Crippen LogP contribution is 2.24. The summed E-state index contributed by atoms with van der Waals surface area (Å²) in [6.07, 6.45) is 2.63. The van der Waals surface area contributed by atoms with E-state index in [1.54, 1.807) is 0 Å². The second kappa shape index (κ2) is 4.62. The van der Waals surface area contributed by atoms with Gasteiger partial charge in [0.15, 0.2) is 0 Å². The van der Waals surface area contributed by atoms with Crippen LogP contribution in [0.3, 0.4) is 0 Å². The van der Waals surface area contributed by atoms with Crippen molar-refractivity contribution in [3.63, 3.8) is 0 Å². The van der Waals surface area contributed by atoms with E-state index in [-0.39, 0.29) is 0 Å². The van der Waals surface area contributed by atoms with Gasteiger partial charge in [-0.3, -0.25) is 4.90 Å². The van der Waals surface area contributed by atoms with Crippen LogP contribution in [0.2, 0.25) is 0 Å². The van der Waals surface area contributed by atoms with Crippen LogP contribution in [0.15, 0.2) is 4.42 Å². The molecule has 0 bridgehead atoms. The summed E-state index contributed by atoms with van der Waals surface area (Å²) in [7, 11) is 1.88. The number of fused-ring (bicyclic) bond motifs is 1. The molecule has 2 fully saturated rings. The number of hydrogen-bond donors (Lipinski definition) is 1. The van der Waals surface area contributed by atoms with Gasteiger partial charge in [-0.25, -0.2) is 0 Å². The quantitative estimate of drug-likeness (QED) is 0.803. The molecule has 0 aliphatic carbocycles. The molecule has 17 heavy (non-hydrogen) atoms. The Kier molecular flexibility index (Phi) is 2.98. The minimum absolute atomic E-state index is 0.635. The molecule has 2 aliphatic rings. The van der Waals surface area contributed by atoms with Crippen LogP contribution < -0.4 is 10.2 Å². The van der Waals surface area contributed by atoms with Crippen LogP contribution in [0.4, 0.5) is 6.01 Å². The maximum Gasteiger partial charge on any atom is 0.318 e. The van der Waals surface area contributed by atoms with Crippen molar-refractivity contribution in [3.8, 4) is 0 Å². The SMILES string of the molecule is CNCc1nnc(N2CCN3CCCC3C2)o1. The van der Waals surface area contributed by atoms with Crippen molar-refractivity contribution in [1.82, 2.24) is 20.4 Å². The van der Waals surface area contributed by atoms with Gasteiger partial charge in [0.2, 0.25) is 5.89 Å². The summed E-state index contributed by atoms with van der Waals surface area (Å²) in [4.78, 5) is 4.79. The van der Waals surface area contributed by atoms with E-state index < -0.39 is 0 Å². The molecule has 0 amide bonds. The largest absolute Gasteiger partial charge is 0.407 e. The number of rotatable bonds is 3. The van der Waals surface area contributed by atoms with Crippen LogP contribution in [0.25, 0.3) is 0 Å². The zero-order valence-corrected chi connectivity index (χ0v) is 10.2. The molecule has 0 spiro atoms. The lowest BCUT2D eigenvalue weighted by Gasteiger charge is -2.36. The summed E-state index contributed by atoms with van der Waals surface area (Å²) in [5.74, 6) is 0.663. The van der Waals surface area contributed by atoms with Crippen LogP contribution >= 0.6 is 0 Å². The average molecular weight is 237 g/mol. The van der Waals surface area contributed by atoms with E-state index >= 15 is 0 Å². The first-order chi connectivity index (χ1) is 8.36. The highest BCUT2D eigenvalue weighted by atomic mass is 16.4. The van der Waals surface area contributed by atoms with Gasteiger partial charge in [-0.2, -0.15) is 0 Å². The molecule has 0 aromatic carbocycles. The average Bonchev–Trinajstić information content (AvgIpc) is 2.96. The van der Waals surface area contributed by atoms with Crippen LogP contribution in [-0.4, -0.2) is 54.4 Å². The number of nitrogens with zero attached hydrogens (tertiary/aromatic N) is 4. The maximum absolute atomic E-state index is 5.63. The molecule has 6 nitrogen and oxygen atoms in total. The molecule has 6 heteroatoms. The summed E-state index contributed by atoms with van der Waals surface area (Å²) in [6, 6.07) is 1.37. The van der Waals surface area contributed by atoms with Gasteiger partial charge in [-0.1, -0.05) is 5.10 Å². The Morgan fingerprint density at radius 1 is 1.35 bits per heavy atom. The summed E-state index contributed by atoms with van der Waals surface area (Å²) < 4.78 is 5.63. The van der Waals surface area contributed by atoms with Gasteiger partial charge in [0.1, 0.15) is 0 Å². The van der Waals surface area contributed by atoms with E-state index in [0.717, 1.165) is 19.6 Å². The Morgan fingerprint density at radius 2 is 2.29 bits per heavy atom. The van der Waals surface area contributed by atoms with E-state index in [2.05, 4.69) is 25.3 Å². The third-order valence-electron chi connectivity index (χ3n) is 3.64. The van der Waals surface area contributed by atoms with Gasteiger partial charge in [-0.05, 0) is 26.4 Å². The lowest BCUT2D eigenvalue weighted by atomic mass is 10.2. The molecule has 1 atom stereocenters. The minimum atomic E-state index is 0.635. The van der Waals surface area contributed by atoms with Gasteiger partial charge in [0, 0.05) is 25.7 Å². The first-order valence-electron chi connectivity index (χ1n) is 6.33. The molecule has 3 heterocycles. The Balaban J connectivity index is 1.67. The fraction of sp³-hybridized carbons (Fsp3) is 0.818. The molecule has 2 aliphatic heterocycles. The minimum Gasteiger partial charge on any atom is -0.407 e. The van der Waals surface area contributed by atoms with Gasteiger partial charge in [0.25, 0.3) is 0 Å². The van der Waals surface area contributed by atoms with Crippen LogP contribution in [0.5, 0.6) is 0 Å². The van der Waals surface area contributed by atoms with E-state index in [1.165, 1.54) is 19.4 Å². The summed E-state index contributed by atoms with van der Waals surface area (Å²) in [5, 5.41) is 11.2. The second-order valence-electron chi connectivity index (χ2n) is 4.79. The Labute approximate surface area is 101 Å². The molecule has 94 valence electrons. The Hall–Kier alpha value is -1.14. The summed E-state index contributed by atoms with van der Waals surface area (Å²) >= 11 is 0. The van der Waals surface area contributed by atoms with E-state index in [1.807, 2.05) is 7.05 Å². The zero-order valence-electron chi connectivity index (χ0n) is 10.2. The second-order valence-corrected chi connectivity index (χ2v) is 4.79. The van der Waals surface area contributed by atoms with E-state index in [4.69, 9.17) is 4.42 Å². The predicted octanol–water partition coefficient (Wildman–Crippen LogP) is 0.0734. The number of anilines is 1. The molecule has 1 aromatic rings. The van der Waals surface area contributed by atoms with Crippen molar-refractivity contribution < 1.29 is 4.42 Å². The highest BCUT2D eigenvalue weighted by molar-refractivity contribution is 5.26. The van der Waals surface area contributed by atoms with Crippen molar-refractivity contribution in [3.05, 3.63) is 5.89 Å². The topological polar surface area (TPSA) is 57.4 Å². The molecular formula is C11H19N5O. The van der Waals surface area contributed by atoms with E-state index in [9.17, 15) is 0 Å². The van der Waals surface area contributed by atoms with Gasteiger partial charge < -0.3 is 14.6 Å². The van der Waals surface area contributed by atoms with Crippen molar-refractivity contribution in [2.75, 3.05) is 38.1 Å². The molecular weight excluding hydrogens is 218 g/mol. The Morgan fingerprint density at radius 3 is 3.18 bits per heavy atom. The van der Waals surface area contributed by atoms with Crippen LogP contribution in [0.1, 0.15) is 18.7 Å². The fourth-order valence-electron chi connectivity index (χ4n) is 2.76. The standard InChI is InChI=1S/C11H19N5O/c1-12-7-10-13-14-11(17-10)16-6-5-15-4-2-3-9(15)8-16/h9,12H,2-8H2,1H3. The predicted molar refractivity (Wildman–Crippen MR) is 63.9 cm³/mol. The van der Waals surface area contributed by atoms with E-state index in [0.29, 0.717) is 24.5 Å². The number of piperazine rings is 1. The zero-order chi connectivity index (χ0) is 11.7. The lowest BCUT2D eigenvalue weighted by Crippen LogP contribution is -2.50. The number of nitrogens with one attached hydrogen (secondary N) is 1. The molecule has 3 rings (SSSR count). The van der Waals surface area contributed by atoms with Crippen LogP contribution in [0, 0.1) is 0 Å². The first kappa shape index (κ1) is 11.0. The van der Waals surface area contributed by atoms with Crippen LogP contribution in [-0.2, 0) is 6.54 Å². The maximum atomic E-state index is 5.63.